The molecule has 0 unspecified atom stereocenters. The molecule has 1 atom stereocenters. The van der Waals surface area contributed by atoms with Crippen LogP contribution < -0.4 is 9.64 Å². The number of aliphatic hydroxyl groups excluding tert-OH is 1. The molecule has 2 rings (SSSR count). The summed E-state index contributed by atoms with van der Waals surface area (Å²) < 4.78 is 5.38. The summed E-state index contributed by atoms with van der Waals surface area (Å²) >= 11 is 0. The highest BCUT2D eigenvalue weighted by molar-refractivity contribution is 5.71. The predicted octanol–water partition coefficient (Wildman–Crippen LogP) is 3.52. The number of hydrogen-bond acceptors (Lipinski definition) is 3. The number of aliphatic hydroxyl groups is 1. The van der Waals surface area contributed by atoms with E-state index >= 15 is 0 Å². The van der Waals surface area contributed by atoms with E-state index in [0.29, 0.717) is 0 Å². The Labute approximate surface area is 114 Å². The lowest BCUT2D eigenvalue weighted by Gasteiger charge is -2.25. The van der Waals surface area contributed by atoms with Crippen molar-refractivity contribution < 1.29 is 9.84 Å². The van der Waals surface area contributed by atoms with E-state index in [1.165, 1.54) is 0 Å². The molecule has 0 saturated heterocycles. The molecule has 0 aliphatic carbocycles. The second-order valence-electron chi connectivity index (χ2n) is 4.47. The fraction of sp³-hybridized carbons (Fsp3) is 0.250. The third-order valence-electron chi connectivity index (χ3n) is 3.19. The number of hydrogen-bond donors (Lipinski definition) is 1. The van der Waals surface area contributed by atoms with Gasteiger partial charge in [-0.25, -0.2) is 0 Å². The summed E-state index contributed by atoms with van der Waals surface area (Å²) in [5, 5.41) is 9.87. The maximum atomic E-state index is 9.87. The zero-order valence-corrected chi connectivity index (χ0v) is 11.5. The van der Waals surface area contributed by atoms with Gasteiger partial charge in [0, 0.05) is 18.3 Å². The minimum Gasteiger partial charge on any atom is -0.495 e. The first-order valence-corrected chi connectivity index (χ1v) is 6.29. The van der Waals surface area contributed by atoms with Gasteiger partial charge in [0.05, 0.1) is 18.9 Å². The summed E-state index contributed by atoms with van der Waals surface area (Å²) in [5.74, 6) is 0.811. The van der Waals surface area contributed by atoms with Crippen LogP contribution in [0.4, 0.5) is 11.4 Å². The summed E-state index contributed by atoms with van der Waals surface area (Å²) in [7, 11) is 3.63. The molecule has 2 aromatic carbocycles. The molecule has 0 heterocycles. The van der Waals surface area contributed by atoms with Gasteiger partial charge in [0.1, 0.15) is 5.75 Å². The van der Waals surface area contributed by atoms with E-state index in [-0.39, 0.29) is 0 Å². The van der Waals surface area contributed by atoms with Gasteiger partial charge in [-0.05, 0) is 25.1 Å². The van der Waals surface area contributed by atoms with Crippen molar-refractivity contribution >= 4 is 11.4 Å². The Balaban J connectivity index is 2.47. The first-order valence-electron chi connectivity index (χ1n) is 6.29. The number of ether oxygens (including phenoxy) is 1. The lowest BCUT2D eigenvalue weighted by molar-refractivity contribution is 0.200. The van der Waals surface area contributed by atoms with Gasteiger partial charge >= 0.3 is 0 Å². The Bertz CT molecular complexity index is 552. The van der Waals surface area contributed by atoms with E-state index in [0.717, 1.165) is 22.7 Å². The molecule has 2 aromatic rings. The smallest absolute Gasteiger partial charge is 0.142 e. The van der Waals surface area contributed by atoms with Crippen LogP contribution in [0, 0.1) is 0 Å². The number of methoxy groups -OCH3 is 1. The number of rotatable bonds is 4. The summed E-state index contributed by atoms with van der Waals surface area (Å²) in [6.45, 7) is 1.77. The van der Waals surface area contributed by atoms with Crippen LogP contribution >= 0.6 is 0 Å². The van der Waals surface area contributed by atoms with Crippen molar-refractivity contribution in [2.45, 2.75) is 13.0 Å². The molecule has 0 aromatic heterocycles. The molecule has 0 aliphatic heterocycles. The fourth-order valence-corrected chi connectivity index (χ4v) is 2.18. The fourth-order valence-electron chi connectivity index (χ4n) is 2.18. The molecule has 100 valence electrons. The highest BCUT2D eigenvalue weighted by Crippen LogP contribution is 2.35. The van der Waals surface area contributed by atoms with Gasteiger partial charge < -0.3 is 14.7 Å². The van der Waals surface area contributed by atoms with Gasteiger partial charge in [-0.3, -0.25) is 0 Å². The van der Waals surface area contributed by atoms with Crippen LogP contribution in [0.3, 0.4) is 0 Å². The lowest BCUT2D eigenvalue weighted by Crippen LogP contribution is -2.13. The van der Waals surface area contributed by atoms with Crippen LogP contribution in [0.2, 0.25) is 0 Å². The van der Waals surface area contributed by atoms with Crippen molar-refractivity contribution in [1.82, 2.24) is 0 Å². The maximum Gasteiger partial charge on any atom is 0.142 e. The van der Waals surface area contributed by atoms with Gasteiger partial charge in [0.25, 0.3) is 0 Å². The number of para-hydroxylation sites is 3. The molecular weight excluding hydrogens is 238 g/mol. The van der Waals surface area contributed by atoms with Gasteiger partial charge in [-0.1, -0.05) is 30.3 Å². The average Bonchev–Trinajstić information content (AvgIpc) is 2.46. The SMILES string of the molecule is COc1ccccc1N(C)c1ccccc1[C@H](C)O. The van der Waals surface area contributed by atoms with Crippen LogP contribution in [0.1, 0.15) is 18.6 Å². The number of nitrogens with zero attached hydrogens (tertiary/aromatic N) is 1. The zero-order chi connectivity index (χ0) is 13.8. The third kappa shape index (κ3) is 2.71. The average molecular weight is 257 g/mol. The van der Waals surface area contributed by atoms with Crippen molar-refractivity contribution in [3.05, 3.63) is 54.1 Å². The highest BCUT2D eigenvalue weighted by Gasteiger charge is 2.14. The first-order chi connectivity index (χ1) is 9.15. The van der Waals surface area contributed by atoms with E-state index in [1.54, 1.807) is 14.0 Å². The summed E-state index contributed by atoms with van der Waals surface area (Å²) in [6, 6.07) is 15.7. The minimum atomic E-state index is -0.506. The standard InChI is InChI=1S/C16H19NO2/c1-12(18)13-8-4-5-9-14(13)17(2)15-10-6-7-11-16(15)19-3/h4-12,18H,1-3H3/t12-/m0/s1. The van der Waals surface area contributed by atoms with Crippen LogP contribution in [-0.4, -0.2) is 19.3 Å². The Morgan fingerprint density at radius 3 is 2.21 bits per heavy atom. The van der Waals surface area contributed by atoms with Crippen molar-refractivity contribution in [3.63, 3.8) is 0 Å². The summed E-state index contributed by atoms with van der Waals surface area (Å²) in [6.07, 6.45) is -0.506. The molecule has 0 aliphatic rings. The van der Waals surface area contributed by atoms with E-state index in [1.807, 2.05) is 60.5 Å². The minimum absolute atomic E-state index is 0.506. The first kappa shape index (κ1) is 13.4. The molecule has 3 nitrogen and oxygen atoms in total. The molecular formula is C16H19NO2. The van der Waals surface area contributed by atoms with Crippen molar-refractivity contribution in [2.24, 2.45) is 0 Å². The molecule has 0 saturated carbocycles. The molecule has 0 radical (unpaired) electrons. The summed E-state index contributed by atoms with van der Waals surface area (Å²) in [5.41, 5.74) is 2.84. The molecule has 1 N–H and O–H groups in total. The molecule has 3 heteroatoms. The number of benzene rings is 2. The van der Waals surface area contributed by atoms with Crippen LogP contribution in [0.15, 0.2) is 48.5 Å². The molecule has 0 fully saturated rings. The quantitative estimate of drug-likeness (QED) is 0.909. The molecule has 0 spiro atoms. The molecule has 0 bridgehead atoms. The Morgan fingerprint density at radius 1 is 1.00 bits per heavy atom. The second kappa shape index (κ2) is 5.76. The van der Waals surface area contributed by atoms with Gasteiger partial charge in [0.2, 0.25) is 0 Å². The van der Waals surface area contributed by atoms with E-state index < -0.39 is 6.10 Å². The van der Waals surface area contributed by atoms with Crippen molar-refractivity contribution in [3.8, 4) is 5.75 Å². The zero-order valence-electron chi connectivity index (χ0n) is 11.5. The van der Waals surface area contributed by atoms with E-state index in [9.17, 15) is 5.11 Å². The highest BCUT2D eigenvalue weighted by atomic mass is 16.5. The Kier molecular flexibility index (Phi) is 4.07. The van der Waals surface area contributed by atoms with E-state index in [4.69, 9.17) is 4.74 Å². The topological polar surface area (TPSA) is 32.7 Å². The monoisotopic (exact) mass is 257 g/mol. The Hall–Kier alpha value is -2.00. The maximum absolute atomic E-state index is 9.87. The van der Waals surface area contributed by atoms with Gasteiger partial charge in [-0.2, -0.15) is 0 Å². The third-order valence-corrected chi connectivity index (χ3v) is 3.19. The van der Waals surface area contributed by atoms with Gasteiger partial charge in [0.15, 0.2) is 0 Å². The van der Waals surface area contributed by atoms with Crippen molar-refractivity contribution in [2.75, 3.05) is 19.1 Å². The second-order valence-corrected chi connectivity index (χ2v) is 4.47. The van der Waals surface area contributed by atoms with Crippen molar-refractivity contribution in [1.29, 1.82) is 0 Å². The largest absolute Gasteiger partial charge is 0.495 e. The van der Waals surface area contributed by atoms with Crippen LogP contribution in [0.5, 0.6) is 5.75 Å². The normalized spacial score (nSPS) is 12.0. The molecule has 0 amide bonds. The van der Waals surface area contributed by atoms with E-state index in [2.05, 4.69) is 0 Å². The van der Waals surface area contributed by atoms with Crippen LogP contribution in [-0.2, 0) is 0 Å². The predicted molar refractivity (Wildman–Crippen MR) is 78.1 cm³/mol. The molecule has 19 heavy (non-hydrogen) atoms. The lowest BCUT2D eigenvalue weighted by atomic mass is 10.1. The summed E-state index contributed by atoms with van der Waals surface area (Å²) in [4.78, 5) is 2.03. The Morgan fingerprint density at radius 2 is 1.58 bits per heavy atom. The number of anilines is 2. The van der Waals surface area contributed by atoms with Gasteiger partial charge in [-0.15, -0.1) is 0 Å². The van der Waals surface area contributed by atoms with Crippen LogP contribution in [0.25, 0.3) is 0 Å².